The van der Waals surface area contributed by atoms with E-state index in [1.165, 1.54) is 5.56 Å². The Morgan fingerprint density at radius 1 is 1.36 bits per heavy atom. The largest absolute Gasteiger partial charge is 0.346 e. The molecule has 14 heavy (non-hydrogen) atoms. The van der Waals surface area contributed by atoms with Gasteiger partial charge in [-0.25, -0.2) is 0 Å². The second kappa shape index (κ2) is 5.15. The van der Waals surface area contributed by atoms with Crippen molar-refractivity contribution in [2.24, 2.45) is 0 Å². The molecule has 1 aromatic carbocycles. The normalized spacial score (nSPS) is 9.93. The number of carbonyl (C=O) groups is 1. The minimum absolute atomic E-state index is 0.113. The van der Waals surface area contributed by atoms with Gasteiger partial charge in [-0.2, -0.15) is 0 Å². The van der Waals surface area contributed by atoms with Crippen molar-refractivity contribution in [3.8, 4) is 0 Å². The summed E-state index contributed by atoms with van der Waals surface area (Å²) in [6.07, 6.45) is 0.906. The molecule has 0 saturated carbocycles. The second-order valence-electron chi connectivity index (χ2n) is 3.32. The molecule has 0 saturated heterocycles. The molecule has 0 aliphatic heterocycles. The highest BCUT2D eigenvalue weighted by atomic mass is 79.9. The van der Waals surface area contributed by atoms with Gasteiger partial charge >= 0.3 is 0 Å². The van der Waals surface area contributed by atoms with Crippen molar-refractivity contribution >= 4 is 21.8 Å². The van der Waals surface area contributed by atoms with Gasteiger partial charge in [-0.05, 0) is 24.1 Å². The molecule has 1 rings (SSSR count). The van der Waals surface area contributed by atoms with Gasteiger partial charge in [0.25, 0.3) is 0 Å². The molecule has 76 valence electrons. The van der Waals surface area contributed by atoms with E-state index in [2.05, 4.69) is 28.1 Å². The fraction of sp³-hybridized carbons (Fsp3) is 0.364. The smallest absolute Gasteiger partial charge is 0.219 e. The van der Waals surface area contributed by atoms with Crippen molar-refractivity contribution in [3.05, 3.63) is 34.3 Å². The van der Waals surface area contributed by atoms with Gasteiger partial charge in [0.15, 0.2) is 0 Å². The summed E-state index contributed by atoms with van der Waals surface area (Å²) >= 11 is 3.38. The lowest BCUT2D eigenvalue weighted by molar-refractivity contribution is -0.127. The lowest BCUT2D eigenvalue weighted by Crippen LogP contribution is -2.26. The van der Waals surface area contributed by atoms with Crippen molar-refractivity contribution in [3.63, 3.8) is 0 Å². The minimum atomic E-state index is 0.113. The molecule has 0 aromatic heterocycles. The molecule has 0 unspecified atom stereocenters. The van der Waals surface area contributed by atoms with E-state index in [-0.39, 0.29) is 5.91 Å². The Hall–Kier alpha value is -0.830. The van der Waals surface area contributed by atoms with Gasteiger partial charge < -0.3 is 4.90 Å². The van der Waals surface area contributed by atoms with Crippen LogP contribution in [-0.4, -0.2) is 24.4 Å². The summed E-state index contributed by atoms with van der Waals surface area (Å²) in [6.45, 7) is 2.36. The number of hydrogen-bond acceptors (Lipinski definition) is 1. The van der Waals surface area contributed by atoms with E-state index in [1.54, 1.807) is 11.8 Å². The van der Waals surface area contributed by atoms with Crippen LogP contribution in [-0.2, 0) is 11.2 Å². The molecule has 0 aliphatic carbocycles. The first-order chi connectivity index (χ1) is 6.59. The van der Waals surface area contributed by atoms with Crippen LogP contribution in [0, 0.1) is 0 Å². The molecule has 1 aromatic rings. The Kier molecular flexibility index (Phi) is 4.14. The third-order valence-electron chi connectivity index (χ3n) is 2.19. The maximum absolute atomic E-state index is 10.9. The van der Waals surface area contributed by atoms with Crippen LogP contribution in [0.15, 0.2) is 28.7 Å². The molecule has 0 atom stereocenters. The molecule has 0 bridgehead atoms. The number of nitrogens with zero attached hydrogens (tertiary/aromatic N) is 1. The molecule has 0 radical (unpaired) electrons. The van der Waals surface area contributed by atoms with Gasteiger partial charge in [-0.1, -0.05) is 28.1 Å². The van der Waals surface area contributed by atoms with E-state index >= 15 is 0 Å². The van der Waals surface area contributed by atoms with E-state index in [1.807, 2.05) is 19.2 Å². The predicted octanol–water partition coefficient (Wildman–Crippen LogP) is 2.47. The van der Waals surface area contributed by atoms with Crippen LogP contribution >= 0.6 is 15.9 Å². The number of benzene rings is 1. The third kappa shape index (κ3) is 3.50. The number of carbonyl (C=O) groups excluding carboxylic acids is 1. The van der Waals surface area contributed by atoms with Crippen LogP contribution in [0.25, 0.3) is 0 Å². The second-order valence-corrected chi connectivity index (χ2v) is 4.23. The third-order valence-corrected chi connectivity index (χ3v) is 2.72. The van der Waals surface area contributed by atoms with Crippen LogP contribution in [0.1, 0.15) is 12.5 Å². The maximum atomic E-state index is 10.9. The first kappa shape index (κ1) is 11.2. The zero-order chi connectivity index (χ0) is 10.6. The average molecular weight is 256 g/mol. The monoisotopic (exact) mass is 255 g/mol. The number of halogens is 1. The number of rotatable bonds is 3. The van der Waals surface area contributed by atoms with Crippen molar-refractivity contribution in [1.82, 2.24) is 4.90 Å². The Bertz CT molecular complexity index is 308. The van der Waals surface area contributed by atoms with Gasteiger partial charge in [0, 0.05) is 25.0 Å². The van der Waals surface area contributed by atoms with E-state index in [0.29, 0.717) is 0 Å². The lowest BCUT2D eigenvalue weighted by Gasteiger charge is -2.14. The summed E-state index contributed by atoms with van der Waals surface area (Å²) in [7, 11) is 1.82. The summed E-state index contributed by atoms with van der Waals surface area (Å²) in [6, 6.07) is 8.17. The summed E-state index contributed by atoms with van der Waals surface area (Å²) in [5.41, 5.74) is 1.25. The molecular formula is C11H14BrNO. The van der Waals surface area contributed by atoms with Crippen molar-refractivity contribution in [1.29, 1.82) is 0 Å². The first-order valence-corrected chi connectivity index (χ1v) is 5.35. The highest BCUT2D eigenvalue weighted by Gasteiger charge is 2.01. The maximum Gasteiger partial charge on any atom is 0.219 e. The van der Waals surface area contributed by atoms with Crippen molar-refractivity contribution in [2.45, 2.75) is 13.3 Å². The lowest BCUT2D eigenvalue weighted by atomic mass is 10.1. The minimum Gasteiger partial charge on any atom is -0.346 e. The zero-order valence-corrected chi connectivity index (χ0v) is 10.0. The van der Waals surface area contributed by atoms with E-state index in [4.69, 9.17) is 0 Å². The van der Waals surface area contributed by atoms with Crippen molar-refractivity contribution < 1.29 is 4.79 Å². The predicted molar refractivity (Wildman–Crippen MR) is 61.2 cm³/mol. The number of likely N-dealkylation sites (N-methyl/N-ethyl adjacent to an activating group) is 1. The molecule has 1 amide bonds. The van der Waals surface area contributed by atoms with E-state index < -0.39 is 0 Å². The molecule has 2 nitrogen and oxygen atoms in total. The molecule has 0 aliphatic rings. The van der Waals surface area contributed by atoms with Gasteiger partial charge in [-0.3, -0.25) is 4.79 Å². The van der Waals surface area contributed by atoms with E-state index in [0.717, 1.165) is 17.4 Å². The van der Waals surface area contributed by atoms with Crippen LogP contribution < -0.4 is 0 Å². The standard InChI is InChI=1S/C11H14BrNO/c1-9(14)13(2)8-7-10-3-5-11(12)6-4-10/h3-6H,7-8H2,1-2H3. The topological polar surface area (TPSA) is 20.3 Å². The van der Waals surface area contributed by atoms with Crippen LogP contribution in [0.5, 0.6) is 0 Å². The summed E-state index contributed by atoms with van der Waals surface area (Å²) < 4.78 is 1.08. The first-order valence-electron chi connectivity index (χ1n) is 4.56. The van der Waals surface area contributed by atoms with Crippen molar-refractivity contribution in [2.75, 3.05) is 13.6 Å². The molecule has 0 spiro atoms. The Balaban J connectivity index is 2.46. The van der Waals surface area contributed by atoms with Gasteiger partial charge in [0.1, 0.15) is 0 Å². The van der Waals surface area contributed by atoms with Gasteiger partial charge in [-0.15, -0.1) is 0 Å². The highest BCUT2D eigenvalue weighted by Crippen LogP contribution is 2.10. The van der Waals surface area contributed by atoms with Crippen LogP contribution in [0.3, 0.4) is 0 Å². The quantitative estimate of drug-likeness (QED) is 0.813. The molecule has 3 heteroatoms. The molecule has 0 fully saturated rings. The summed E-state index contributed by atoms with van der Waals surface area (Å²) in [5, 5.41) is 0. The molecule has 0 N–H and O–H groups in total. The van der Waals surface area contributed by atoms with Crippen LogP contribution in [0.4, 0.5) is 0 Å². The Morgan fingerprint density at radius 2 is 1.93 bits per heavy atom. The van der Waals surface area contributed by atoms with Crippen LogP contribution in [0.2, 0.25) is 0 Å². The Labute approximate surface area is 93.0 Å². The fourth-order valence-corrected chi connectivity index (χ4v) is 1.37. The Morgan fingerprint density at radius 3 is 2.43 bits per heavy atom. The fourth-order valence-electron chi connectivity index (χ4n) is 1.11. The zero-order valence-electron chi connectivity index (χ0n) is 8.46. The summed E-state index contributed by atoms with van der Waals surface area (Å²) in [5.74, 6) is 0.113. The SMILES string of the molecule is CC(=O)N(C)CCc1ccc(Br)cc1. The number of hydrogen-bond donors (Lipinski definition) is 0. The molecular weight excluding hydrogens is 242 g/mol. The van der Waals surface area contributed by atoms with Gasteiger partial charge in [0.05, 0.1) is 0 Å². The average Bonchev–Trinajstić information content (AvgIpc) is 2.16. The highest BCUT2D eigenvalue weighted by molar-refractivity contribution is 9.10. The number of amides is 1. The van der Waals surface area contributed by atoms with E-state index in [9.17, 15) is 4.79 Å². The summed E-state index contributed by atoms with van der Waals surface area (Å²) in [4.78, 5) is 12.7. The molecule has 0 heterocycles. The van der Waals surface area contributed by atoms with Gasteiger partial charge in [0.2, 0.25) is 5.91 Å².